The van der Waals surface area contributed by atoms with Crippen LogP contribution in [0.4, 0.5) is 34.1 Å². The summed E-state index contributed by atoms with van der Waals surface area (Å²) in [7, 11) is 0. The highest BCUT2D eigenvalue weighted by molar-refractivity contribution is 6.10. The van der Waals surface area contributed by atoms with Crippen LogP contribution in [-0.4, -0.2) is 20.1 Å². The van der Waals surface area contributed by atoms with Crippen LogP contribution in [0.2, 0.25) is 0 Å². The number of benzene rings is 10. The van der Waals surface area contributed by atoms with Crippen LogP contribution >= 0.6 is 0 Å². The molecule has 1 aliphatic heterocycles. The second kappa shape index (κ2) is 21.0. The molecule has 0 saturated heterocycles. The fraction of sp³-hybridized carbons (Fsp3) is 0.0909. The van der Waals surface area contributed by atoms with E-state index in [2.05, 4.69) is 306 Å². The SMILES string of the molecule is C1=CC2=C(CC1)Cc1cc(Nc3ccccc3)ccc1N2c1ccccc1.Cc1ccc(-c2nc3cccc(-c4ccccc4)c3nc2-c2ccc(N(c3ccc4c(c3)c3ccccc3n4-c3ccccc3)C34C=CC=CC3C4)cc2)cc1. The summed E-state index contributed by atoms with van der Waals surface area (Å²) >= 11 is 0. The van der Waals surface area contributed by atoms with Crippen LogP contribution in [0, 0.1) is 12.8 Å². The third-order valence-electron chi connectivity index (χ3n) is 17.0. The molecule has 2 unspecified atom stereocenters. The number of rotatable bonds is 10. The summed E-state index contributed by atoms with van der Waals surface area (Å²) in [5.74, 6) is 0.449. The summed E-state index contributed by atoms with van der Waals surface area (Å²) in [6, 6.07) is 88.7. The lowest BCUT2D eigenvalue weighted by atomic mass is 9.89. The van der Waals surface area contributed by atoms with Crippen molar-refractivity contribution in [1.82, 2.24) is 14.5 Å². The van der Waals surface area contributed by atoms with Crippen molar-refractivity contribution < 1.29 is 0 Å². The van der Waals surface area contributed by atoms with Crippen molar-refractivity contribution in [3.8, 4) is 39.3 Å². The summed E-state index contributed by atoms with van der Waals surface area (Å²) in [6.07, 6.45) is 18.2. The monoisotopic (exact) mass is 1070 g/mol. The summed E-state index contributed by atoms with van der Waals surface area (Å²) < 4.78 is 2.38. The molecule has 83 heavy (non-hydrogen) atoms. The van der Waals surface area contributed by atoms with Crippen LogP contribution in [0.25, 0.3) is 72.2 Å². The van der Waals surface area contributed by atoms with E-state index in [9.17, 15) is 0 Å². The third-order valence-corrected chi connectivity index (χ3v) is 17.0. The molecule has 2 atom stereocenters. The van der Waals surface area contributed by atoms with E-state index >= 15 is 0 Å². The van der Waals surface area contributed by atoms with Gasteiger partial charge in [0.1, 0.15) is 0 Å². The molecular formula is C77H60N6. The van der Waals surface area contributed by atoms with Crippen LogP contribution in [-0.2, 0) is 6.42 Å². The molecule has 1 N–H and O–H groups in total. The first kappa shape index (κ1) is 49.7. The Morgan fingerprint density at radius 3 is 1.99 bits per heavy atom. The van der Waals surface area contributed by atoms with E-state index in [1.807, 2.05) is 6.07 Å². The minimum atomic E-state index is -0.123. The number of hydrogen-bond donors (Lipinski definition) is 1. The predicted octanol–water partition coefficient (Wildman–Crippen LogP) is 19.8. The highest BCUT2D eigenvalue weighted by Crippen LogP contribution is 2.57. The van der Waals surface area contributed by atoms with Gasteiger partial charge < -0.3 is 19.7 Å². The second-order valence-corrected chi connectivity index (χ2v) is 22.3. The lowest BCUT2D eigenvalue weighted by molar-refractivity contribution is 0.752. The molecule has 12 aromatic rings. The van der Waals surface area contributed by atoms with Gasteiger partial charge in [-0.05, 0) is 152 Å². The highest BCUT2D eigenvalue weighted by Gasteiger charge is 2.56. The van der Waals surface area contributed by atoms with Gasteiger partial charge in [0.05, 0.1) is 39.0 Å². The van der Waals surface area contributed by atoms with Crippen molar-refractivity contribution in [2.24, 2.45) is 5.92 Å². The number of anilines is 6. The quantitative estimate of drug-likeness (QED) is 0.148. The number of nitrogens with zero attached hydrogens (tertiary/aromatic N) is 5. The van der Waals surface area contributed by atoms with E-state index in [-0.39, 0.29) is 5.54 Å². The first-order valence-electron chi connectivity index (χ1n) is 29.0. The van der Waals surface area contributed by atoms with Gasteiger partial charge in [0.15, 0.2) is 0 Å². The van der Waals surface area contributed by atoms with Crippen molar-refractivity contribution >= 4 is 67.0 Å². The molecular weight excluding hydrogens is 1010 g/mol. The predicted molar refractivity (Wildman–Crippen MR) is 346 cm³/mol. The minimum Gasteiger partial charge on any atom is -0.356 e. The first-order valence-corrected chi connectivity index (χ1v) is 29.0. The number of nitrogens with one attached hydrogen (secondary N) is 1. The summed E-state index contributed by atoms with van der Waals surface area (Å²) in [6.45, 7) is 2.12. The van der Waals surface area contributed by atoms with E-state index in [0.717, 1.165) is 93.1 Å². The van der Waals surface area contributed by atoms with Gasteiger partial charge in [0, 0.05) is 78.9 Å². The Morgan fingerprint density at radius 2 is 1.22 bits per heavy atom. The summed E-state index contributed by atoms with van der Waals surface area (Å²) in [5.41, 5.74) is 23.9. The number of hydrogen-bond acceptors (Lipinski definition) is 5. The van der Waals surface area contributed by atoms with E-state index in [1.165, 1.54) is 61.3 Å². The molecule has 0 radical (unpaired) electrons. The van der Waals surface area contributed by atoms with Crippen LogP contribution in [0.1, 0.15) is 30.4 Å². The van der Waals surface area contributed by atoms with Gasteiger partial charge in [0.2, 0.25) is 0 Å². The molecule has 3 aliphatic carbocycles. The zero-order valence-corrected chi connectivity index (χ0v) is 46.3. The van der Waals surface area contributed by atoms with E-state index in [4.69, 9.17) is 9.97 Å². The van der Waals surface area contributed by atoms with Crippen molar-refractivity contribution in [3.05, 3.63) is 308 Å². The Labute approximate surface area is 485 Å². The van der Waals surface area contributed by atoms with Crippen molar-refractivity contribution in [3.63, 3.8) is 0 Å². The maximum absolute atomic E-state index is 5.46. The van der Waals surface area contributed by atoms with Gasteiger partial charge in [-0.15, -0.1) is 0 Å². The minimum absolute atomic E-state index is 0.123. The van der Waals surface area contributed by atoms with Gasteiger partial charge in [-0.2, -0.15) is 0 Å². The van der Waals surface area contributed by atoms with E-state index in [1.54, 1.807) is 0 Å². The average Bonchev–Trinajstić information content (AvgIpc) is 4.38. The topological polar surface area (TPSA) is 49.2 Å². The van der Waals surface area contributed by atoms with Crippen molar-refractivity contribution in [1.29, 1.82) is 0 Å². The fourth-order valence-electron chi connectivity index (χ4n) is 12.9. The largest absolute Gasteiger partial charge is 0.356 e. The van der Waals surface area contributed by atoms with E-state index < -0.39 is 0 Å². The summed E-state index contributed by atoms with van der Waals surface area (Å²) in [5, 5.41) is 6.03. The van der Waals surface area contributed by atoms with Crippen LogP contribution < -0.4 is 15.1 Å². The van der Waals surface area contributed by atoms with Crippen molar-refractivity contribution in [2.45, 2.75) is 38.1 Å². The molecule has 4 aliphatic rings. The van der Waals surface area contributed by atoms with Gasteiger partial charge >= 0.3 is 0 Å². The average molecular weight is 1070 g/mol. The molecule has 0 bridgehead atoms. The molecule has 6 heteroatoms. The van der Waals surface area contributed by atoms with Gasteiger partial charge in [0.25, 0.3) is 0 Å². The molecule has 398 valence electrons. The Hall–Kier alpha value is -10.3. The Morgan fingerprint density at radius 1 is 0.542 bits per heavy atom. The number of aromatic nitrogens is 3. The number of aryl methyl sites for hydroxylation is 1. The standard InChI is InChI=1S/C52H38N4.C25H22N2/c1-35-22-24-37(25-23-35)49-50(54-51-43(19-12-20-46(51)53-49)36-13-4-2-5-14-36)38-26-28-41(29-27-38)56(52-32-11-10-15-39(52)34-52)42-30-31-48-45(33-42)44-18-8-9-21-47(44)55(48)40-16-6-3-7-17-40;1-3-10-21(11-4-1)26-22-15-16-25-20(18-22)17-19-9-7-8-14-24(19)27(25)23-12-5-2-6-13-23/h2-33,39H,34H2,1H3;1-6,8,10-16,18,26H,7,9,17H2. The van der Waals surface area contributed by atoms with Crippen molar-refractivity contribution in [2.75, 3.05) is 15.1 Å². The van der Waals surface area contributed by atoms with Gasteiger partial charge in [-0.25, -0.2) is 9.97 Å². The molecule has 10 aromatic carbocycles. The fourth-order valence-corrected chi connectivity index (χ4v) is 12.9. The molecule has 1 fully saturated rings. The maximum Gasteiger partial charge on any atom is 0.0973 e. The smallest absolute Gasteiger partial charge is 0.0973 e. The number of allylic oxidation sites excluding steroid dienone is 5. The first-order chi connectivity index (χ1) is 41.0. The Kier molecular flexibility index (Phi) is 12.6. The number of para-hydroxylation sites is 5. The zero-order chi connectivity index (χ0) is 55.3. The highest BCUT2D eigenvalue weighted by atomic mass is 15.2. The molecule has 3 heterocycles. The molecule has 6 nitrogen and oxygen atoms in total. The van der Waals surface area contributed by atoms with Gasteiger partial charge in [-0.1, -0.05) is 188 Å². The van der Waals surface area contributed by atoms with Gasteiger partial charge in [-0.3, -0.25) is 0 Å². The van der Waals surface area contributed by atoms with Crippen LogP contribution in [0.5, 0.6) is 0 Å². The third kappa shape index (κ3) is 9.19. The Bertz CT molecular complexity index is 4520. The molecule has 1 saturated carbocycles. The maximum atomic E-state index is 5.46. The zero-order valence-electron chi connectivity index (χ0n) is 46.3. The van der Waals surface area contributed by atoms with E-state index in [0.29, 0.717) is 5.92 Å². The molecule has 16 rings (SSSR count). The molecule has 0 amide bonds. The second-order valence-electron chi connectivity index (χ2n) is 22.3. The lowest BCUT2D eigenvalue weighted by Crippen LogP contribution is -2.34. The molecule has 2 aromatic heterocycles. The number of fused-ring (bicyclic) bond motifs is 6. The lowest BCUT2D eigenvalue weighted by Gasteiger charge is -2.36. The summed E-state index contributed by atoms with van der Waals surface area (Å²) in [4.78, 5) is 15.8. The molecule has 0 spiro atoms. The van der Waals surface area contributed by atoms with Crippen LogP contribution in [0.15, 0.2) is 296 Å². The van der Waals surface area contributed by atoms with Crippen LogP contribution in [0.3, 0.4) is 0 Å². The Balaban J connectivity index is 0.000000182. The normalized spacial score (nSPS) is 16.5.